The van der Waals surface area contributed by atoms with Crippen molar-refractivity contribution in [3.8, 4) is 17.2 Å². The molecule has 2 N–H and O–H groups in total. The molecule has 104 valence electrons. The lowest BCUT2D eigenvalue weighted by Crippen LogP contribution is -2.24. The second-order valence-electron chi connectivity index (χ2n) is 5.88. The molecule has 1 heterocycles. The van der Waals surface area contributed by atoms with Crippen molar-refractivity contribution in [3.05, 3.63) is 47.5 Å². The minimum absolute atomic E-state index is 0.181. The fraction of sp³-hybridized carbons (Fsp3) is 0.294. The Morgan fingerprint density at radius 2 is 1.90 bits per heavy atom. The van der Waals surface area contributed by atoms with E-state index < -0.39 is 0 Å². The minimum Gasteiger partial charge on any atom is -0.483 e. The number of hydrogen-bond acceptors (Lipinski definition) is 3. The Balaban J connectivity index is 2.00. The van der Waals surface area contributed by atoms with Crippen molar-refractivity contribution in [1.82, 2.24) is 0 Å². The first-order valence-corrected chi connectivity index (χ1v) is 6.80. The zero-order valence-corrected chi connectivity index (χ0v) is 12.1. The van der Waals surface area contributed by atoms with Crippen LogP contribution in [0.25, 0.3) is 0 Å². The highest BCUT2D eigenvalue weighted by molar-refractivity contribution is 5.60. The molecule has 0 aromatic heterocycles. The number of hydrogen-bond donors (Lipinski definition) is 1. The number of nitrogen functional groups attached to an aromatic ring is 1. The molecule has 0 bridgehead atoms. The summed E-state index contributed by atoms with van der Waals surface area (Å²) in [6.07, 6.45) is 0.892. The van der Waals surface area contributed by atoms with Gasteiger partial charge in [-0.15, -0.1) is 0 Å². The number of benzene rings is 2. The van der Waals surface area contributed by atoms with E-state index in [1.54, 1.807) is 0 Å². The van der Waals surface area contributed by atoms with E-state index in [-0.39, 0.29) is 5.60 Å². The molecule has 20 heavy (non-hydrogen) atoms. The van der Waals surface area contributed by atoms with Crippen LogP contribution in [0.1, 0.15) is 25.0 Å². The van der Waals surface area contributed by atoms with Crippen molar-refractivity contribution >= 4 is 5.69 Å². The number of nitrogens with two attached hydrogens (primary N) is 1. The molecule has 2 aromatic rings. The second kappa shape index (κ2) is 4.44. The van der Waals surface area contributed by atoms with Gasteiger partial charge < -0.3 is 15.2 Å². The zero-order valence-electron chi connectivity index (χ0n) is 12.1. The highest BCUT2D eigenvalue weighted by Crippen LogP contribution is 2.44. The van der Waals surface area contributed by atoms with Crippen LogP contribution < -0.4 is 15.2 Å². The van der Waals surface area contributed by atoms with Crippen molar-refractivity contribution < 1.29 is 9.47 Å². The normalized spacial score (nSPS) is 15.6. The van der Waals surface area contributed by atoms with Gasteiger partial charge in [0, 0.05) is 12.0 Å². The standard InChI is InChI=1S/C17H19NO2/c1-11-6-4-8-13(18)15(11)19-14-9-5-7-12-10-17(2,3)20-16(12)14/h4-9H,10,18H2,1-3H3. The quantitative estimate of drug-likeness (QED) is 0.835. The highest BCUT2D eigenvalue weighted by atomic mass is 16.5. The van der Waals surface area contributed by atoms with Gasteiger partial charge in [0.1, 0.15) is 5.60 Å². The summed E-state index contributed by atoms with van der Waals surface area (Å²) >= 11 is 0. The molecule has 1 aliphatic rings. The maximum Gasteiger partial charge on any atom is 0.169 e. The monoisotopic (exact) mass is 269 g/mol. The van der Waals surface area contributed by atoms with E-state index in [0.717, 1.165) is 23.5 Å². The number of anilines is 1. The molecule has 0 aliphatic carbocycles. The molecule has 0 fully saturated rings. The predicted molar refractivity (Wildman–Crippen MR) is 80.5 cm³/mol. The molecule has 0 radical (unpaired) electrons. The molecule has 3 heteroatoms. The third kappa shape index (κ3) is 2.20. The molecule has 0 atom stereocenters. The Kier molecular flexibility index (Phi) is 2.85. The smallest absolute Gasteiger partial charge is 0.169 e. The Labute approximate surface area is 119 Å². The summed E-state index contributed by atoms with van der Waals surface area (Å²) < 4.78 is 12.0. The predicted octanol–water partition coefficient (Wildman–Crippen LogP) is 4.08. The van der Waals surface area contributed by atoms with Crippen LogP contribution in [-0.4, -0.2) is 5.60 Å². The number of rotatable bonds is 2. The molecular weight excluding hydrogens is 250 g/mol. The van der Waals surface area contributed by atoms with Gasteiger partial charge >= 0.3 is 0 Å². The lowest BCUT2D eigenvalue weighted by molar-refractivity contribution is 0.135. The Morgan fingerprint density at radius 3 is 2.65 bits per heavy atom. The third-order valence-electron chi connectivity index (χ3n) is 3.51. The van der Waals surface area contributed by atoms with Crippen LogP contribution in [0.3, 0.4) is 0 Å². The first kappa shape index (κ1) is 12.9. The van der Waals surface area contributed by atoms with Crippen molar-refractivity contribution in [2.75, 3.05) is 5.73 Å². The van der Waals surface area contributed by atoms with Gasteiger partial charge in [-0.2, -0.15) is 0 Å². The maximum absolute atomic E-state index is 6.03. The Morgan fingerprint density at radius 1 is 1.15 bits per heavy atom. The van der Waals surface area contributed by atoms with E-state index in [1.165, 1.54) is 5.56 Å². The van der Waals surface area contributed by atoms with Crippen LogP contribution in [-0.2, 0) is 6.42 Å². The average molecular weight is 269 g/mol. The molecule has 3 nitrogen and oxygen atoms in total. The lowest BCUT2D eigenvalue weighted by atomic mass is 10.0. The number of para-hydroxylation sites is 2. The van der Waals surface area contributed by atoms with Gasteiger partial charge in [0.15, 0.2) is 17.2 Å². The molecule has 0 unspecified atom stereocenters. The van der Waals surface area contributed by atoms with Gasteiger partial charge in [-0.05, 0) is 38.5 Å². The van der Waals surface area contributed by atoms with Gasteiger partial charge in [-0.3, -0.25) is 0 Å². The largest absolute Gasteiger partial charge is 0.483 e. The lowest BCUT2D eigenvalue weighted by Gasteiger charge is -2.18. The summed E-state index contributed by atoms with van der Waals surface area (Å²) in [6, 6.07) is 11.8. The molecule has 0 saturated carbocycles. The number of aryl methyl sites for hydroxylation is 1. The van der Waals surface area contributed by atoms with Crippen LogP contribution in [0, 0.1) is 6.92 Å². The fourth-order valence-electron chi connectivity index (χ4n) is 2.59. The van der Waals surface area contributed by atoms with E-state index in [9.17, 15) is 0 Å². The summed E-state index contributed by atoms with van der Waals surface area (Å²) in [4.78, 5) is 0. The molecule has 1 aliphatic heterocycles. The van der Waals surface area contributed by atoms with Gasteiger partial charge in [-0.1, -0.05) is 24.3 Å². The first-order chi connectivity index (χ1) is 9.46. The highest BCUT2D eigenvalue weighted by Gasteiger charge is 2.32. The summed E-state index contributed by atoms with van der Waals surface area (Å²) in [6.45, 7) is 6.15. The minimum atomic E-state index is -0.181. The van der Waals surface area contributed by atoms with Gasteiger partial charge in [0.25, 0.3) is 0 Å². The van der Waals surface area contributed by atoms with Crippen LogP contribution >= 0.6 is 0 Å². The summed E-state index contributed by atoms with van der Waals surface area (Å²) in [5.41, 5.74) is 8.65. The molecule has 0 spiro atoms. The van der Waals surface area contributed by atoms with Crippen molar-refractivity contribution in [2.45, 2.75) is 32.8 Å². The molecular formula is C17H19NO2. The molecule has 0 amide bonds. The van der Waals surface area contributed by atoms with Crippen LogP contribution in [0.2, 0.25) is 0 Å². The summed E-state index contributed by atoms with van der Waals surface area (Å²) in [5, 5.41) is 0. The van der Waals surface area contributed by atoms with Gasteiger partial charge in [-0.25, -0.2) is 0 Å². The van der Waals surface area contributed by atoms with Crippen molar-refractivity contribution in [2.24, 2.45) is 0 Å². The summed E-state index contributed by atoms with van der Waals surface area (Å²) in [5.74, 6) is 2.27. The first-order valence-electron chi connectivity index (χ1n) is 6.80. The Hall–Kier alpha value is -2.16. The van der Waals surface area contributed by atoms with Gasteiger partial charge in [0.05, 0.1) is 5.69 Å². The maximum atomic E-state index is 6.03. The number of fused-ring (bicyclic) bond motifs is 1. The summed E-state index contributed by atoms with van der Waals surface area (Å²) in [7, 11) is 0. The van der Waals surface area contributed by atoms with E-state index in [0.29, 0.717) is 11.4 Å². The van der Waals surface area contributed by atoms with E-state index in [4.69, 9.17) is 15.2 Å². The molecule has 0 saturated heterocycles. The van der Waals surface area contributed by atoms with Crippen LogP contribution in [0.5, 0.6) is 17.2 Å². The SMILES string of the molecule is Cc1cccc(N)c1Oc1cccc2c1OC(C)(C)C2. The topological polar surface area (TPSA) is 44.5 Å². The second-order valence-corrected chi connectivity index (χ2v) is 5.88. The van der Waals surface area contributed by atoms with E-state index >= 15 is 0 Å². The average Bonchev–Trinajstić information content (AvgIpc) is 2.69. The van der Waals surface area contributed by atoms with Crippen LogP contribution in [0.15, 0.2) is 36.4 Å². The third-order valence-corrected chi connectivity index (χ3v) is 3.51. The zero-order chi connectivity index (χ0) is 14.3. The van der Waals surface area contributed by atoms with Crippen molar-refractivity contribution in [3.63, 3.8) is 0 Å². The van der Waals surface area contributed by atoms with E-state index in [2.05, 4.69) is 19.9 Å². The van der Waals surface area contributed by atoms with Gasteiger partial charge in [0.2, 0.25) is 0 Å². The van der Waals surface area contributed by atoms with Crippen LogP contribution in [0.4, 0.5) is 5.69 Å². The molecule has 2 aromatic carbocycles. The Bertz CT molecular complexity index is 642. The van der Waals surface area contributed by atoms with Crippen molar-refractivity contribution in [1.29, 1.82) is 0 Å². The molecule has 3 rings (SSSR count). The fourth-order valence-corrected chi connectivity index (χ4v) is 2.59. The van der Waals surface area contributed by atoms with E-state index in [1.807, 2.05) is 37.3 Å². The number of ether oxygens (including phenoxy) is 2.